The van der Waals surface area contributed by atoms with Gasteiger partial charge in [-0.2, -0.15) is 5.10 Å². The standard InChI is InChI=1S/C22H18FN3O2/c1-14-3-8-17(9-4-14)24-22(27)20-13-19(21-12-5-15(2)28-21)25-26(20)18-10-6-16(23)7-11-18/h3-13H,1-2H3,(H,24,27). The van der Waals surface area contributed by atoms with Gasteiger partial charge in [-0.3, -0.25) is 4.79 Å². The third-order valence-corrected chi connectivity index (χ3v) is 4.32. The molecule has 4 aromatic rings. The fourth-order valence-corrected chi connectivity index (χ4v) is 2.85. The van der Waals surface area contributed by atoms with Crippen molar-refractivity contribution in [1.82, 2.24) is 9.78 Å². The van der Waals surface area contributed by atoms with Gasteiger partial charge in [0.05, 0.1) is 5.69 Å². The van der Waals surface area contributed by atoms with Crippen LogP contribution in [0.5, 0.6) is 0 Å². The van der Waals surface area contributed by atoms with Crippen molar-refractivity contribution in [2.75, 3.05) is 5.32 Å². The Hall–Kier alpha value is -3.67. The topological polar surface area (TPSA) is 60.1 Å². The van der Waals surface area contributed by atoms with Gasteiger partial charge in [-0.1, -0.05) is 17.7 Å². The number of benzene rings is 2. The maximum absolute atomic E-state index is 13.3. The van der Waals surface area contributed by atoms with E-state index in [1.807, 2.05) is 44.2 Å². The Morgan fingerprint density at radius 2 is 1.71 bits per heavy atom. The van der Waals surface area contributed by atoms with Gasteiger partial charge in [-0.05, 0) is 62.4 Å². The summed E-state index contributed by atoms with van der Waals surface area (Å²) >= 11 is 0. The predicted octanol–water partition coefficient (Wildman–Crippen LogP) is 5.14. The molecule has 0 saturated heterocycles. The average molecular weight is 375 g/mol. The molecule has 0 bridgehead atoms. The molecule has 2 aromatic heterocycles. The van der Waals surface area contributed by atoms with Crippen molar-refractivity contribution in [2.24, 2.45) is 0 Å². The number of furan rings is 1. The second-order valence-electron chi connectivity index (χ2n) is 6.53. The first-order chi connectivity index (χ1) is 13.5. The average Bonchev–Trinajstić information content (AvgIpc) is 3.31. The molecule has 0 aliphatic rings. The van der Waals surface area contributed by atoms with Crippen molar-refractivity contribution >= 4 is 11.6 Å². The molecule has 0 aliphatic carbocycles. The van der Waals surface area contributed by atoms with Crippen LogP contribution >= 0.6 is 0 Å². The molecule has 0 spiro atoms. The van der Waals surface area contributed by atoms with E-state index in [1.165, 1.54) is 16.8 Å². The zero-order valence-electron chi connectivity index (χ0n) is 15.4. The number of nitrogens with one attached hydrogen (secondary N) is 1. The molecule has 5 nitrogen and oxygen atoms in total. The molecule has 140 valence electrons. The number of anilines is 1. The summed E-state index contributed by atoms with van der Waals surface area (Å²) in [5.74, 6) is 0.624. The lowest BCUT2D eigenvalue weighted by Crippen LogP contribution is -2.17. The maximum Gasteiger partial charge on any atom is 0.274 e. The normalized spacial score (nSPS) is 10.8. The number of hydrogen-bond acceptors (Lipinski definition) is 3. The van der Waals surface area contributed by atoms with Gasteiger partial charge >= 0.3 is 0 Å². The van der Waals surface area contributed by atoms with Crippen LogP contribution in [0, 0.1) is 19.7 Å². The van der Waals surface area contributed by atoms with E-state index in [0.29, 0.717) is 28.5 Å². The molecule has 0 aliphatic heterocycles. The van der Waals surface area contributed by atoms with Crippen molar-refractivity contribution in [3.8, 4) is 17.1 Å². The van der Waals surface area contributed by atoms with E-state index in [2.05, 4.69) is 10.4 Å². The number of aryl methyl sites for hydroxylation is 2. The Balaban J connectivity index is 1.75. The van der Waals surface area contributed by atoms with Crippen molar-refractivity contribution in [2.45, 2.75) is 13.8 Å². The number of nitrogens with zero attached hydrogens (tertiary/aromatic N) is 2. The van der Waals surface area contributed by atoms with E-state index < -0.39 is 0 Å². The SMILES string of the molecule is Cc1ccc(NC(=O)c2cc(-c3ccc(C)o3)nn2-c2ccc(F)cc2)cc1. The van der Waals surface area contributed by atoms with Gasteiger partial charge in [0.2, 0.25) is 0 Å². The number of amides is 1. The lowest BCUT2D eigenvalue weighted by molar-refractivity contribution is 0.101. The summed E-state index contributed by atoms with van der Waals surface area (Å²) in [7, 11) is 0. The molecule has 2 heterocycles. The molecule has 0 fully saturated rings. The number of rotatable bonds is 4. The zero-order valence-corrected chi connectivity index (χ0v) is 15.4. The molecular weight excluding hydrogens is 357 g/mol. The second-order valence-corrected chi connectivity index (χ2v) is 6.53. The van der Waals surface area contributed by atoms with Gasteiger partial charge in [0.1, 0.15) is 23.0 Å². The van der Waals surface area contributed by atoms with Gasteiger partial charge < -0.3 is 9.73 Å². The van der Waals surface area contributed by atoms with Crippen LogP contribution in [0.3, 0.4) is 0 Å². The molecule has 28 heavy (non-hydrogen) atoms. The smallest absolute Gasteiger partial charge is 0.274 e. The van der Waals surface area contributed by atoms with Crippen LogP contribution in [0.15, 0.2) is 71.1 Å². The maximum atomic E-state index is 13.3. The summed E-state index contributed by atoms with van der Waals surface area (Å²) in [6.07, 6.45) is 0. The number of aromatic nitrogens is 2. The van der Waals surface area contributed by atoms with Crippen LogP contribution in [0.4, 0.5) is 10.1 Å². The largest absolute Gasteiger partial charge is 0.460 e. The third kappa shape index (κ3) is 3.57. The van der Waals surface area contributed by atoms with E-state index in [1.54, 1.807) is 24.3 Å². The molecular formula is C22H18FN3O2. The van der Waals surface area contributed by atoms with E-state index in [9.17, 15) is 9.18 Å². The van der Waals surface area contributed by atoms with Crippen molar-refractivity contribution in [1.29, 1.82) is 0 Å². The fraction of sp³-hybridized carbons (Fsp3) is 0.0909. The van der Waals surface area contributed by atoms with E-state index in [4.69, 9.17) is 4.42 Å². The third-order valence-electron chi connectivity index (χ3n) is 4.32. The quantitative estimate of drug-likeness (QED) is 0.537. The summed E-state index contributed by atoms with van der Waals surface area (Å²) in [4.78, 5) is 12.9. The molecule has 6 heteroatoms. The van der Waals surface area contributed by atoms with Crippen LogP contribution in [-0.2, 0) is 0 Å². The van der Waals surface area contributed by atoms with Crippen LogP contribution in [0.25, 0.3) is 17.1 Å². The number of hydrogen-bond donors (Lipinski definition) is 1. The number of halogens is 1. The summed E-state index contributed by atoms with van der Waals surface area (Å²) in [5.41, 5.74) is 3.19. The Labute approximate surface area is 161 Å². The van der Waals surface area contributed by atoms with Crippen LogP contribution in [0.2, 0.25) is 0 Å². The Morgan fingerprint density at radius 3 is 2.36 bits per heavy atom. The molecule has 0 unspecified atom stereocenters. The molecule has 1 amide bonds. The molecule has 0 atom stereocenters. The van der Waals surface area contributed by atoms with E-state index in [-0.39, 0.29) is 11.7 Å². The number of carbonyl (C=O) groups excluding carboxylic acids is 1. The number of carbonyl (C=O) groups is 1. The minimum atomic E-state index is -0.358. The molecule has 0 radical (unpaired) electrons. The monoisotopic (exact) mass is 375 g/mol. The van der Waals surface area contributed by atoms with Crippen molar-refractivity contribution < 1.29 is 13.6 Å². The highest BCUT2D eigenvalue weighted by Crippen LogP contribution is 2.24. The predicted molar refractivity (Wildman–Crippen MR) is 105 cm³/mol. The first-order valence-corrected chi connectivity index (χ1v) is 8.80. The highest BCUT2D eigenvalue weighted by atomic mass is 19.1. The van der Waals surface area contributed by atoms with Gasteiger partial charge in [0.15, 0.2) is 5.76 Å². The van der Waals surface area contributed by atoms with Gasteiger partial charge in [-0.15, -0.1) is 0 Å². The summed E-state index contributed by atoms with van der Waals surface area (Å²) < 4.78 is 20.4. The lowest BCUT2D eigenvalue weighted by atomic mass is 10.2. The first kappa shape index (κ1) is 17.7. The molecule has 0 saturated carbocycles. The molecule has 1 N–H and O–H groups in total. The van der Waals surface area contributed by atoms with E-state index in [0.717, 1.165) is 11.3 Å². The van der Waals surface area contributed by atoms with Crippen LogP contribution in [-0.4, -0.2) is 15.7 Å². The Bertz CT molecular complexity index is 1130. The van der Waals surface area contributed by atoms with Gasteiger partial charge in [-0.25, -0.2) is 9.07 Å². The van der Waals surface area contributed by atoms with Gasteiger partial charge in [0, 0.05) is 11.8 Å². The molecule has 2 aromatic carbocycles. The summed E-state index contributed by atoms with van der Waals surface area (Å²) in [6, 6.07) is 18.6. The van der Waals surface area contributed by atoms with Crippen LogP contribution < -0.4 is 5.32 Å². The minimum Gasteiger partial charge on any atom is -0.460 e. The van der Waals surface area contributed by atoms with E-state index >= 15 is 0 Å². The summed E-state index contributed by atoms with van der Waals surface area (Å²) in [6.45, 7) is 3.82. The summed E-state index contributed by atoms with van der Waals surface area (Å²) in [5, 5.41) is 7.38. The zero-order chi connectivity index (χ0) is 19.7. The Morgan fingerprint density at radius 1 is 1.00 bits per heavy atom. The highest BCUT2D eigenvalue weighted by Gasteiger charge is 2.19. The minimum absolute atomic E-state index is 0.316. The van der Waals surface area contributed by atoms with Crippen LogP contribution in [0.1, 0.15) is 21.8 Å². The Kier molecular flexibility index (Phi) is 4.53. The fourth-order valence-electron chi connectivity index (χ4n) is 2.85. The van der Waals surface area contributed by atoms with Gasteiger partial charge in [0.25, 0.3) is 5.91 Å². The van der Waals surface area contributed by atoms with Crippen molar-refractivity contribution in [3.05, 3.63) is 89.6 Å². The highest BCUT2D eigenvalue weighted by molar-refractivity contribution is 6.04. The van der Waals surface area contributed by atoms with Crippen molar-refractivity contribution in [3.63, 3.8) is 0 Å². The lowest BCUT2D eigenvalue weighted by Gasteiger charge is -2.08. The second kappa shape index (κ2) is 7.15. The first-order valence-electron chi connectivity index (χ1n) is 8.80. The molecule has 4 rings (SSSR count).